The molecule has 55 heavy (non-hydrogen) atoms. The van der Waals surface area contributed by atoms with Gasteiger partial charge in [-0.3, -0.25) is 9.59 Å². The van der Waals surface area contributed by atoms with Crippen molar-refractivity contribution < 1.29 is 38.2 Å². The van der Waals surface area contributed by atoms with Crippen LogP contribution in [0.15, 0.2) is 24.3 Å². The maximum atomic E-state index is 12.7. The number of rotatable bonds is 41. The number of carboxylic acids is 1. The summed E-state index contributed by atoms with van der Waals surface area (Å²) in [5.74, 6) is -1.77. The molecule has 0 rings (SSSR count). The highest BCUT2D eigenvalue weighted by atomic mass is 16.6. The van der Waals surface area contributed by atoms with Gasteiger partial charge >= 0.3 is 11.9 Å². The van der Waals surface area contributed by atoms with Gasteiger partial charge in [0.15, 0.2) is 6.10 Å². The number of likely N-dealkylation sites (N-methyl/N-ethyl adjacent to an activating group) is 1. The summed E-state index contributed by atoms with van der Waals surface area (Å²) < 4.78 is 17.1. The quantitative estimate of drug-likeness (QED) is 0.0264. The Morgan fingerprint density at radius 2 is 1.02 bits per heavy atom. The largest absolute Gasteiger partial charge is 0.544 e. The van der Waals surface area contributed by atoms with Crippen molar-refractivity contribution in [3.63, 3.8) is 0 Å². The first kappa shape index (κ1) is 52.8. The van der Waals surface area contributed by atoms with E-state index < -0.39 is 18.1 Å². The molecule has 322 valence electrons. The Morgan fingerprint density at radius 3 is 1.49 bits per heavy atom. The van der Waals surface area contributed by atoms with E-state index >= 15 is 0 Å². The number of unbranched alkanes of at least 4 members (excludes halogenated alkanes) is 23. The fourth-order valence-electron chi connectivity index (χ4n) is 6.82. The highest BCUT2D eigenvalue weighted by Gasteiger charge is 2.25. The molecule has 8 nitrogen and oxygen atoms in total. The summed E-state index contributed by atoms with van der Waals surface area (Å²) >= 11 is 0. The second-order valence-electron chi connectivity index (χ2n) is 16.6. The topological polar surface area (TPSA) is 102 Å². The minimum Gasteiger partial charge on any atom is -0.544 e. The second-order valence-corrected chi connectivity index (χ2v) is 16.6. The number of ether oxygens (including phenoxy) is 3. The van der Waals surface area contributed by atoms with E-state index in [0.29, 0.717) is 12.8 Å². The van der Waals surface area contributed by atoms with Gasteiger partial charge in [0.25, 0.3) is 0 Å². The maximum Gasteiger partial charge on any atom is 0.306 e. The van der Waals surface area contributed by atoms with Crippen molar-refractivity contribution >= 4 is 17.9 Å². The second kappa shape index (κ2) is 38.7. The van der Waals surface area contributed by atoms with E-state index in [2.05, 4.69) is 38.2 Å². The molecule has 0 aromatic heterocycles. The van der Waals surface area contributed by atoms with Gasteiger partial charge in [0.2, 0.25) is 0 Å². The molecule has 2 unspecified atom stereocenters. The van der Waals surface area contributed by atoms with Crippen LogP contribution < -0.4 is 5.11 Å². The minimum atomic E-state index is -1.13. The summed E-state index contributed by atoms with van der Waals surface area (Å²) in [6.07, 6.45) is 42.3. The van der Waals surface area contributed by atoms with Crippen LogP contribution in [-0.2, 0) is 28.6 Å². The number of nitrogens with zero attached hydrogens (tertiary/aromatic N) is 1. The normalized spacial score (nSPS) is 13.1. The van der Waals surface area contributed by atoms with E-state index in [1.807, 2.05) is 0 Å². The van der Waals surface area contributed by atoms with Gasteiger partial charge in [0, 0.05) is 19.3 Å². The Bertz CT molecular complexity index is 957. The molecule has 0 aliphatic carbocycles. The van der Waals surface area contributed by atoms with Gasteiger partial charge < -0.3 is 28.6 Å². The van der Waals surface area contributed by atoms with Gasteiger partial charge in [0.05, 0.1) is 40.3 Å². The summed E-state index contributed by atoms with van der Waals surface area (Å²) in [6.45, 7) is 4.52. The average Bonchev–Trinajstić information content (AvgIpc) is 3.14. The zero-order chi connectivity index (χ0) is 40.7. The molecule has 0 aromatic carbocycles. The number of carboxylic acid groups (broad SMARTS) is 1. The first-order valence-electron chi connectivity index (χ1n) is 22.9. The number of hydrogen-bond acceptors (Lipinski definition) is 7. The van der Waals surface area contributed by atoms with Gasteiger partial charge in [0.1, 0.15) is 12.6 Å². The number of carbonyl (C=O) groups is 3. The molecule has 0 saturated carbocycles. The van der Waals surface area contributed by atoms with Crippen LogP contribution in [0.4, 0.5) is 0 Å². The molecule has 0 aliphatic rings. The summed E-state index contributed by atoms with van der Waals surface area (Å²) in [5.41, 5.74) is 0. The number of hydrogen-bond donors (Lipinski definition) is 0. The Labute approximate surface area is 339 Å². The number of esters is 2. The summed E-state index contributed by atoms with van der Waals surface area (Å²) in [6, 6.07) is -0.726. The van der Waals surface area contributed by atoms with E-state index in [4.69, 9.17) is 14.2 Å². The molecule has 0 heterocycles. The number of quaternary nitrogens is 1. The Morgan fingerprint density at radius 1 is 0.564 bits per heavy atom. The highest BCUT2D eigenvalue weighted by molar-refractivity contribution is 5.70. The fraction of sp³-hybridized carbons (Fsp3) is 0.851. The lowest BCUT2D eigenvalue weighted by Gasteiger charge is -2.34. The lowest BCUT2D eigenvalue weighted by atomic mass is 10.0. The van der Waals surface area contributed by atoms with Gasteiger partial charge in [-0.15, -0.1) is 0 Å². The molecule has 2 atom stereocenters. The first-order valence-corrected chi connectivity index (χ1v) is 22.9. The zero-order valence-corrected chi connectivity index (χ0v) is 36.6. The van der Waals surface area contributed by atoms with Crippen molar-refractivity contribution in [3.8, 4) is 0 Å². The van der Waals surface area contributed by atoms with Crippen LogP contribution in [0.2, 0.25) is 0 Å². The lowest BCUT2D eigenvalue weighted by Crippen LogP contribution is -2.55. The Balaban J connectivity index is 4.17. The van der Waals surface area contributed by atoms with Gasteiger partial charge in [-0.2, -0.15) is 0 Å². The molecule has 0 aliphatic heterocycles. The van der Waals surface area contributed by atoms with Crippen molar-refractivity contribution in [2.45, 2.75) is 219 Å². The minimum absolute atomic E-state index is 0.0343. The SMILES string of the molecule is CC/C=C/C/C=C/CCCCC(=O)OCC(COCCC(C(=O)[O-])[N+](C)(C)C)OC(=O)CCCCCCCCCCCCCCCCCCCCCCCC. The molecular formula is C47H87NO7. The Kier molecular flexibility index (Phi) is 37.1. The molecule has 0 radical (unpaired) electrons. The third-order valence-electron chi connectivity index (χ3n) is 10.4. The molecule has 0 saturated heterocycles. The Hall–Kier alpha value is -2.19. The number of carbonyl (C=O) groups excluding carboxylic acids is 3. The molecule has 8 heteroatoms. The average molecular weight is 778 g/mol. The van der Waals surface area contributed by atoms with Crippen LogP contribution in [0.5, 0.6) is 0 Å². The molecule has 0 fully saturated rings. The smallest absolute Gasteiger partial charge is 0.306 e. The monoisotopic (exact) mass is 778 g/mol. The van der Waals surface area contributed by atoms with Crippen LogP contribution in [0.3, 0.4) is 0 Å². The lowest BCUT2D eigenvalue weighted by molar-refractivity contribution is -0.889. The van der Waals surface area contributed by atoms with Crippen LogP contribution in [0, 0.1) is 0 Å². The third kappa shape index (κ3) is 37.2. The fourth-order valence-corrected chi connectivity index (χ4v) is 6.82. The van der Waals surface area contributed by atoms with Crippen LogP contribution >= 0.6 is 0 Å². The third-order valence-corrected chi connectivity index (χ3v) is 10.4. The van der Waals surface area contributed by atoms with Crippen molar-refractivity contribution in [3.05, 3.63) is 24.3 Å². The molecule has 0 aromatic rings. The van der Waals surface area contributed by atoms with E-state index in [1.165, 1.54) is 122 Å². The van der Waals surface area contributed by atoms with E-state index in [-0.39, 0.29) is 42.7 Å². The molecule has 0 amide bonds. The number of allylic oxidation sites excluding steroid dienone is 4. The van der Waals surface area contributed by atoms with Crippen LogP contribution in [0.1, 0.15) is 206 Å². The molecular weight excluding hydrogens is 691 g/mol. The summed E-state index contributed by atoms with van der Waals surface area (Å²) in [4.78, 5) is 36.7. The van der Waals surface area contributed by atoms with Crippen molar-refractivity contribution in [2.75, 3.05) is 41.0 Å². The summed E-state index contributed by atoms with van der Waals surface area (Å²) in [7, 11) is 5.40. The first-order chi connectivity index (χ1) is 26.6. The highest BCUT2D eigenvalue weighted by Crippen LogP contribution is 2.16. The van der Waals surface area contributed by atoms with Crippen molar-refractivity contribution in [1.82, 2.24) is 0 Å². The van der Waals surface area contributed by atoms with Gasteiger partial charge in [-0.1, -0.05) is 173 Å². The molecule has 0 bridgehead atoms. The van der Waals surface area contributed by atoms with Crippen molar-refractivity contribution in [1.29, 1.82) is 0 Å². The predicted molar refractivity (Wildman–Crippen MR) is 227 cm³/mol. The van der Waals surface area contributed by atoms with Crippen LogP contribution in [-0.4, -0.2) is 75.5 Å². The standard InChI is InChI=1S/C47H87NO7/c1-6-8-10-12-14-16-17-18-19-20-21-22-23-24-25-26-27-28-30-32-34-36-38-46(50)55-43(41-53-40-39-44(47(51)52)48(3,4)5)42-54-45(49)37-35-33-31-29-15-13-11-9-7-2/h9,11,15,29,43-44H,6-8,10,12-14,16-28,30-42H2,1-5H3/b11-9+,29-15+. The van der Waals surface area contributed by atoms with Gasteiger partial charge in [-0.25, -0.2) is 0 Å². The zero-order valence-electron chi connectivity index (χ0n) is 36.6. The predicted octanol–water partition coefficient (Wildman–Crippen LogP) is 11.1. The van der Waals surface area contributed by atoms with Crippen LogP contribution in [0.25, 0.3) is 0 Å². The molecule has 0 N–H and O–H groups in total. The maximum absolute atomic E-state index is 12.7. The van der Waals surface area contributed by atoms with Gasteiger partial charge in [-0.05, 0) is 38.5 Å². The van der Waals surface area contributed by atoms with E-state index in [9.17, 15) is 19.5 Å². The molecule has 0 spiro atoms. The number of aliphatic carboxylic acids is 1. The van der Waals surface area contributed by atoms with Crippen molar-refractivity contribution in [2.24, 2.45) is 0 Å². The van der Waals surface area contributed by atoms with E-state index in [1.54, 1.807) is 21.1 Å². The van der Waals surface area contributed by atoms with E-state index in [0.717, 1.165) is 51.4 Å². The summed E-state index contributed by atoms with van der Waals surface area (Å²) in [5, 5.41) is 11.6.